The Morgan fingerprint density at radius 3 is 2.63 bits per heavy atom. The minimum Gasteiger partial charge on any atom is -0.330 e. The van der Waals surface area contributed by atoms with Gasteiger partial charge >= 0.3 is 0 Å². The van der Waals surface area contributed by atoms with E-state index in [9.17, 15) is 4.79 Å². The zero-order chi connectivity index (χ0) is 18.5. The number of rotatable bonds is 5. The molecule has 3 heterocycles. The molecule has 0 spiro atoms. The van der Waals surface area contributed by atoms with Crippen molar-refractivity contribution in [3.8, 4) is 0 Å². The second-order valence-electron chi connectivity index (χ2n) is 7.29. The van der Waals surface area contributed by atoms with Crippen LogP contribution >= 0.6 is 11.3 Å². The molecule has 2 N–H and O–H groups in total. The van der Waals surface area contributed by atoms with Crippen molar-refractivity contribution < 1.29 is 9.69 Å². The van der Waals surface area contributed by atoms with Crippen LogP contribution < -0.4 is 15.1 Å². The van der Waals surface area contributed by atoms with Gasteiger partial charge in [0, 0.05) is 18.3 Å². The highest BCUT2D eigenvalue weighted by Crippen LogP contribution is 2.35. The Hall–Kier alpha value is -2.13. The average Bonchev–Trinajstić information content (AvgIpc) is 3.18. The lowest BCUT2D eigenvalue weighted by atomic mass is 9.90. The zero-order valence-corrected chi connectivity index (χ0v) is 16.2. The minimum absolute atomic E-state index is 0.0146. The lowest BCUT2D eigenvalue weighted by molar-refractivity contribution is -0.892. The van der Waals surface area contributed by atoms with E-state index in [1.54, 1.807) is 12.4 Å². The van der Waals surface area contributed by atoms with Crippen molar-refractivity contribution in [2.24, 2.45) is 0 Å². The van der Waals surface area contributed by atoms with Gasteiger partial charge in [-0.2, -0.15) is 0 Å². The van der Waals surface area contributed by atoms with Gasteiger partial charge in [0.05, 0.1) is 26.2 Å². The molecule has 1 aliphatic heterocycles. The molecule has 2 aromatic heterocycles. The minimum atomic E-state index is 0.0146. The molecule has 0 radical (unpaired) electrons. The number of piperazine rings is 1. The summed E-state index contributed by atoms with van der Waals surface area (Å²) in [6, 6.07) is 1.82. The topological polar surface area (TPSA) is 88.3 Å². The number of hydrogen-bond donors (Lipinski definition) is 2. The maximum atomic E-state index is 12.4. The van der Waals surface area contributed by atoms with Gasteiger partial charge in [0.2, 0.25) is 11.1 Å². The normalized spacial score (nSPS) is 19.2. The van der Waals surface area contributed by atoms with Crippen LogP contribution in [0.3, 0.4) is 0 Å². The summed E-state index contributed by atoms with van der Waals surface area (Å²) in [5.74, 6) is 1.31. The van der Waals surface area contributed by atoms with Crippen LogP contribution in [-0.4, -0.2) is 58.8 Å². The Bertz CT molecular complexity index is 739. The predicted molar refractivity (Wildman–Crippen MR) is 104 cm³/mol. The first-order chi connectivity index (χ1) is 13.3. The summed E-state index contributed by atoms with van der Waals surface area (Å²) in [5, 5.41) is 13.1. The number of amides is 1. The average molecular weight is 389 g/mol. The van der Waals surface area contributed by atoms with Crippen LogP contribution in [0.25, 0.3) is 0 Å². The highest BCUT2D eigenvalue weighted by molar-refractivity contribution is 7.15. The van der Waals surface area contributed by atoms with Crippen LogP contribution in [0.1, 0.15) is 43.0 Å². The summed E-state index contributed by atoms with van der Waals surface area (Å²) in [6.45, 7) is 3.97. The summed E-state index contributed by atoms with van der Waals surface area (Å²) in [7, 11) is 0. The Labute approximate surface area is 163 Å². The molecule has 0 atom stereocenters. The summed E-state index contributed by atoms with van der Waals surface area (Å²) in [6.07, 6.45) is 9.79. The first-order valence-corrected chi connectivity index (χ1v) is 10.6. The van der Waals surface area contributed by atoms with Crippen molar-refractivity contribution in [1.82, 2.24) is 20.2 Å². The van der Waals surface area contributed by atoms with Crippen molar-refractivity contribution in [2.75, 3.05) is 42.9 Å². The molecule has 9 heteroatoms. The second kappa shape index (κ2) is 8.71. The fourth-order valence-electron chi connectivity index (χ4n) is 3.84. The van der Waals surface area contributed by atoms with Gasteiger partial charge in [0.15, 0.2) is 6.54 Å². The number of carbonyl (C=O) groups excluding carboxylic acids is 1. The van der Waals surface area contributed by atoms with Crippen LogP contribution in [0.4, 0.5) is 11.1 Å². The molecule has 2 fully saturated rings. The number of quaternary nitrogens is 1. The van der Waals surface area contributed by atoms with E-state index in [1.165, 1.54) is 48.3 Å². The molecule has 2 aliphatic rings. The lowest BCUT2D eigenvalue weighted by Crippen LogP contribution is -3.15. The molecule has 0 unspecified atom stereocenters. The first-order valence-electron chi connectivity index (χ1n) is 9.77. The van der Waals surface area contributed by atoms with Gasteiger partial charge in [0.1, 0.15) is 5.01 Å². The molecule has 1 aliphatic carbocycles. The molecule has 0 aromatic carbocycles. The van der Waals surface area contributed by atoms with E-state index in [2.05, 4.69) is 30.4 Å². The molecule has 1 amide bonds. The van der Waals surface area contributed by atoms with Gasteiger partial charge in [-0.25, -0.2) is 9.97 Å². The zero-order valence-electron chi connectivity index (χ0n) is 15.4. The van der Waals surface area contributed by atoms with Crippen LogP contribution in [0.15, 0.2) is 18.5 Å². The van der Waals surface area contributed by atoms with Crippen LogP contribution in [-0.2, 0) is 4.79 Å². The molecule has 27 heavy (non-hydrogen) atoms. The molecular weight excluding hydrogens is 362 g/mol. The van der Waals surface area contributed by atoms with Crippen LogP contribution in [0.5, 0.6) is 0 Å². The Morgan fingerprint density at radius 1 is 1.15 bits per heavy atom. The van der Waals surface area contributed by atoms with Gasteiger partial charge in [-0.3, -0.25) is 10.1 Å². The molecule has 4 rings (SSSR count). The fourth-order valence-corrected chi connectivity index (χ4v) is 4.77. The van der Waals surface area contributed by atoms with Gasteiger partial charge in [-0.1, -0.05) is 30.6 Å². The van der Waals surface area contributed by atoms with Gasteiger partial charge in [-0.05, 0) is 18.9 Å². The van der Waals surface area contributed by atoms with Gasteiger partial charge < -0.3 is 9.80 Å². The van der Waals surface area contributed by atoms with E-state index < -0.39 is 0 Å². The number of nitrogens with one attached hydrogen (secondary N) is 2. The van der Waals surface area contributed by atoms with E-state index >= 15 is 0 Å². The SMILES string of the molecule is O=C(C[NH+]1CCN(c2ncccn2)CC1)Nc1nnc(C2CCCCC2)s1. The largest absolute Gasteiger partial charge is 0.330 e. The van der Waals surface area contributed by atoms with E-state index in [-0.39, 0.29) is 5.91 Å². The van der Waals surface area contributed by atoms with E-state index in [1.807, 2.05) is 6.07 Å². The Balaban J connectivity index is 1.24. The van der Waals surface area contributed by atoms with Gasteiger partial charge in [-0.15, -0.1) is 10.2 Å². The number of carbonyl (C=O) groups is 1. The van der Waals surface area contributed by atoms with E-state index in [0.29, 0.717) is 17.6 Å². The molecule has 144 valence electrons. The molecule has 0 bridgehead atoms. The first kappa shape index (κ1) is 18.2. The third-order valence-corrected chi connectivity index (χ3v) is 6.36. The number of nitrogens with zero attached hydrogens (tertiary/aromatic N) is 5. The van der Waals surface area contributed by atoms with Crippen molar-refractivity contribution in [2.45, 2.75) is 38.0 Å². The smallest absolute Gasteiger partial charge is 0.281 e. The monoisotopic (exact) mass is 388 g/mol. The summed E-state index contributed by atoms with van der Waals surface area (Å²) in [5.41, 5.74) is 0. The summed E-state index contributed by atoms with van der Waals surface area (Å²) < 4.78 is 0. The number of aromatic nitrogens is 4. The maximum Gasteiger partial charge on any atom is 0.281 e. The Kier molecular flexibility index (Phi) is 5.88. The third-order valence-electron chi connectivity index (χ3n) is 5.36. The van der Waals surface area contributed by atoms with Crippen LogP contribution in [0.2, 0.25) is 0 Å². The van der Waals surface area contributed by atoms with E-state index in [0.717, 1.165) is 37.1 Å². The lowest BCUT2D eigenvalue weighted by Gasteiger charge is -2.31. The maximum absolute atomic E-state index is 12.4. The Morgan fingerprint density at radius 2 is 1.89 bits per heavy atom. The standard InChI is InChI=1S/C18H25N7OS/c26-15(21-18-23-22-16(27-18)14-5-2-1-3-6-14)13-24-9-11-25(12-10-24)17-19-7-4-8-20-17/h4,7-8,14H,1-3,5-6,9-13H2,(H,21,23,26)/p+1. The second-order valence-corrected chi connectivity index (χ2v) is 8.30. The number of hydrogen-bond acceptors (Lipinski definition) is 7. The summed E-state index contributed by atoms with van der Waals surface area (Å²) in [4.78, 5) is 24.4. The van der Waals surface area contributed by atoms with Crippen molar-refractivity contribution >= 4 is 28.3 Å². The number of anilines is 2. The highest BCUT2D eigenvalue weighted by atomic mass is 32.1. The van der Waals surface area contributed by atoms with Crippen LogP contribution in [0, 0.1) is 0 Å². The highest BCUT2D eigenvalue weighted by Gasteiger charge is 2.24. The quantitative estimate of drug-likeness (QED) is 0.785. The molecular formula is C18H26N7OS+. The molecule has 8 nitrogen and oxygen atoms in total. The molecule has 1 saturated carbocycles. The predicted octanol–water partition coefficient (Wildman–Crippen LogP) is 0.719. The molecule has 2 aromatic rings. The van der Waals surface area contributed by atoms with E-state index in [4.69, 9.17) is 0 Å². The fraction of sp³-hybridized carbons (Fsp3) is 0.611. The molecule has 1 saturated heterocycles. The van der Waals surface area contributed by atoms with Crippen molar-refractivity contribution in [1.29, 1.82) is 0 Å². The summed E-state index contributed by atoms with van der Waals surface area (Å²) >= 11 is 1.54. The van der Waals surface area contributed by atoms with Gasteiger partial charge in [0.25, 0.3) is 5.91 Å². The van der Waals surface area contributed by atoms with Crippen molar-refractivity contribution in [3.05, 3.63) is 23.5 Å². The third kappa shape index (κ3) is 4.78. The van der Waals surface area contributed by atoms with Crippen molar-refractivity contribution in [3.63, 3.8) is 0 Å².